The predicted molar refractivity (Wildman–Crippen MR) is 99.5 cm³/mol. The van der Waals surface area contributed by atoms with Gasteiger partial charge >= 0.3 is 0 Å². The van der Waals surface area contributed by atoms with Gasteiger partial charge in [0.15, 0.2) is 0 Å². The predicted octanol–water partition coefficient (Wildman–Crippen LogP) is 1.82. The van der Waals surface area contributed by atoms with E-state index in [1.54, 1.807) is 18.5 Å². The number of H-pyrrole nitrogens is 1. The van der Waals surface area contributed by atoms with E-state index in [2.05, 4.69) is 9.97 Å². The number of nitrogens with one attached hydrogen (secondary N) is 1. The van der Waals surface area contributed by atoms with E-state index in [1.165, 1.54) is 11.3 Å². The number of thiophene rings is 1. The van der Waals surface area contributed by atoms with Gasteiger partial charge in [0.25, 0.3) is 11.5 Å². The number of hydrogen-bond donors (Lipinski definition) is 1. The van der Waals surface area contributed by atoms with E-state index < -0.39 is 5.56 Å². The van der Waals surface area contributed by atoms with Crippen LogP contribution in [0, 0.1) is 11.3 Å². The molecule has 3 aromatic heterocycles. The minimum Gasteiger partial charge on any atom is -0.366 e. The summed E-state index contributed by atoms with van der Waals surface area (Å²) in [6.07, 6.45) is 3.26. The number of aromatic nitrogens is 2. The number of nitrogens with zero attached hydrogens (tertiary/aromatic N) is 4. The van der Waals surface area contributed by atoms with Crippen molar-refractivity contribution in [3.63, 3.8) is 0 Å². The lowest BCUT2D eigenvalue weighted by Crippen LogP contribution is -2.49. The standard InChI is InChI=1S/C18H15N5O2S/c19-10-12-16(13-11-20-4-3-14(13)21-17(12)24)22-5-7-23(8-6-22)18(25)15-2-1-9-26-15/h1-4,9,11H,5-8H2,(H,21,24). The number of aromatic amines is 1. The number of rotatable bonds is 2. The second-order valence-electron chi connectivity index (χ2n) is 5.97. The second-order valence-corrected chi connectivity index (χ2v) is 6.92. The Morgan fingerprint density at radius 3 is 2.77 bits per heavy atom. The van der Waals surface area contributed by atoms with Crippen molar-refractivity contribution < 1.29 is 4.79 Å². The van der Waals surface area contributed by atoms with Crippen molar-refractivity contribution in [3.8, 4) is 6.07 Å². The van der Waals surface area contributed by atoms with Gasteiger partial charge in [-0.3, -0.25) is 14.6 Å². The Morgan fingerprint density at radius 2 is 2.08 bits per heavy atom. The first-order chi connectivity index (χ1) is 12.7. The molecule has 0 spiro atoms. The van der Waals surface area contributed by atoms with Gasteiger partial charge in [-0.15, -0.1) is 11.3 Å². The molecule has 1 aliphatic heterocycles. The number of amides is 1. The zero-order valence-corrected chi connectivity index (χ0v) is 14.6. The summed E-state index contributed by atoms with van der Waals surface area (Å²) in [7, 11) is 0. The maximum absolute atomic E-state index is 12.5. The molecule has 7 nitrogen and oxygen atoms in total. The Balaban J connectivity index is 1.65. The first kappa shape index (κ1) is 16.3. The minimum absolute atomic E-state index is 0.0255. The van der Waals surface area contributed by atoms with Gasteiger partial charge in [0.05, 0.1) is 16.1 Å². The number of pyridine rings is 2. The van der Waals surface area contributed by atoms with Crippen LogP contribution in [0.25, 0.3) is 10.9 Å². The van der Waals surface area contributed by atoms with E-state index in [0.717, 1.165) is 10.3 Å². The highest BCUT2D eigenvalue weighted by molar-refractivity contribution is 7.12. The average Bonchev–Trinajstić information content (AvgIpc) is 3.21. The Hall–Kier alpha value is -3.18. The summed E-state index contributed by atoms with van der Waals surface area (Å²) in [5, 5.41) is 12.1. The Labute approximate surface area is 153 Å². The highest BCUT2D eigenvalue weighted by Gasteiger charge is 2.26. The van der Waals surface area contributed by atoms with E-state index in [0.29, 0.717) is 37.4 Å². The highest BCUT2D eigenvalue weighted by atomic mass is 32.1. The van der Waals surface area contributed by atoms with Gasteiger partial charge < -0.3 is 14.8 Å². The molecular weight excluding hydrogens is 350 g/mol. The first-order valence-corrected chi connectivity index (χ1v) is 9.05. The van der Waals surface area contributed by atoms with Crippen LogP contribution in [0.15, 0.2) is 40.8 Å². The number of piperazine rings is 1. The average molecular weight is 365 g/mol. The van der Waals surface area contributed by atoms with Gasteiger partial charge in [0.2, 0.25) is 0 Å². The molecule has 1 fully saturated rings. The molecule has 0 saturated carbocycles. The number of carbonyl (C=O) groups is 1. The molecule has 0 aliphatic carbocycles. The third kappa shape index (κ3) is 2.72. The van der Waals surface area contributed by atoms with Crippen LogP contribution in [-0.2, 0) is 0 Å². The molecule has 0 radical (unpaired) electrons. The van der Waals surface area contributed by atoms with Crippen molar-refractivity contribution in [2.75, 3.05) is 31.1 Å². The van der Waals surface area contributed by atoms with Crippen LogP contribution in [0.5, 0.6) is 0 Å². The third-order valence-electron chi connectivity index (χ3n) is 4.52. The van der Waals surface area contributed by atoms with Crippen LogP contribution in [-0.4, -0.2) is 47.0 Å². The van der Waals surface area contributed by atoms with Gasteiger partial charge in [-0.05, 0) is 17.5 Å². The lowest BCUT2D eigenvalue weighted by Gasteiger charge is -2.36. The van der Waals surface area contributed by atoms with Crippen molar-refractivity contribution in [1.82, 2.24) is 14.9 Å². The SMILES string of the molecule is N#Cc1c(N2CCN(C(=O)c3cccs3)CC2)c2cnccc2[nH]c1=O. The van der Waals surface area contributed by atoms with Crippen molar-refractivity contribution in [1.29, 1.82) is 5.26 Å². The molecule has 8 heteroatoms. The number of anilines is 1. The molecule has 1 saturated heterocycles. The fourth-order valence-corrected chi connectivity index (χ4v) is 3.93. The number of nitriles is 1. The topological polar surface area (TPSA) is 93.1 Å². The summed E-state index contributed by atoms with van der Waals surface area (Å²) in [4.78, 5) is 36.1. The van der Waals surface area contributed by atoms with Crippen LogP contribution in [0.4, 0.5) is 5.69 Å². The summed E-state index contributed by atoms with van der Waals surface area (Å²) < 4.78 is 0. The Morgan fingerprint density at radius 1 is 1.27 bits per heavy atom. The highest BCUT2D eigenvalue weighted by Crippen LogP contribution is 2.28. The summed E-state index contributed by atoms with van der Waals surface area (Å²) in [6.45, 7) is 2.19. The smallest absolute Gasteiger partial charge is 0.268 e. The quantitative estimate of drug-likeness (QED) is 0.748. The molecule has 26 heavy (non-hydrogen) atoms. The molecule has 4 rings (SSSR count). The van der Waals surface area contributed by atoms with Crippen LogP contribution in [0.2, 0.25) is 0 Å². The van der Waals surface area contributed by atoms with Crippen molar-refractivity contribution in [2.45, 2.75) is 0 Å². The zero-order chi connectivity index (χ0) is 18.1. The molecule has 3 aromatic rings. The van der Waals surface area contributed by atoms with Crippen molar-refractivity contribution >= 4 is 33.8 Å². The summed E-state index contributed by atoms with van der Waals surface area (Å²) in [5.74, 6) is 0.0255. The minimum atomic E-state index is -0.404. The Kier molecular flexibility index (Phi) is 4.14. The van der Waals surface area contributed by atoms with E-state index in [4.69, 9.17) is 0 Å². The van der Waals surface area contributed by atoms with E-state index in [-0.39, 0.29) is 11.5 Å². The van der Waals surface area contributed by atoms with E-state index in [1.807, 2.05) is 33.4 Å². The second kappa shape index (κ2) is 6.61. The number of fused-ring (bicyclic) bond motifs is 1. The molecule has 1 aliphatic rings. The fourth-order valence-electron chi connectivity index (χ4n) is 3.24. The molecule has 0 bridgehead atoms. The zero-order valence-electron chi connectivity index (χ0n) is 13.8. The van der Waals surface area contributed by atoms with Crippen LogP contribution >= 0.6 is 11.3 Å². The molecule has 0 unspecified atom stereocenters. The largest absolute Gasteiger partial charge is 0.366 e. The van der Waals surface area contributed by atoms with Gasteiger partial charge in [-0.1, -0.05) is 6.07 Å². The molecular formula is C18H15N5O2S. The van der Waals surface area contributed by atoms with Crippen molar-refractivity contribution in [3.05, 3.63) is 56.8 Å². The summed E-state index contributed by atoms with van der Waals surface area (Å²) >= 11 is 1.43. The maximum Gasteiger partial charge on any atom is 0.268 e. The van der Waals surface area contributed by atoms with Crippen molar-refractivity contribution in [2.24, 2.45) is 0 Å². The van der Waals surface area contributed by atoms with Gasteiger partial charge in [0, 0.05) is 44.0 Å². The van der Waals surface area contributed by atoms with Crippen LogP contribution in [0.3, 0.4) is 0 Å². The van der Waals surface area contributed by atoms with E-state index in [9.17, 15) is 14.9 Å². The molecule has 1 amide bonds. The van der Waals surface area contributed by atoms with Gasteiger partial charge in [-0.2, -0.15) is 5.26 Å². The fraction of sp³-hybridized carbons (Fsp3) is 0.222. The van der Waals surface area contributed by atoms with Crippen LogP contribution < -0.4 is 10.5 Å². The van der Waals surface area contributed by atoms with E-state index >= 15 is 0 Å². The van der Waals surface area contributed by atoms with Gasteiger partial charge in [-0.25, -0.2) is 0 Å². The monoisotopic (exact) mass is 365 g/mol. The first-order valence-electron chi connectivity index (χ1n) is 8.17. The molecule has 1 N–H and O–H groups in total. The molecule has 4 heterocycles. The lowest BCUT2D eigenvalue weighted by atomic mass is 10.1. The molecule has 0 aromatic carbocycles. The Bertz CT molecular complexity index is 1060. The molecule has 0 atom stereocenters. The normalized spacial score (nSPS) is 14.4. The molecule has 130 valence electrons. The summed E-state index contributed by atoms with van der Waals surface area (Å²) in [6, 6.07) is 7.42. The lowest BCUT2D eigenvalue weighted by molar-refractivity contribution is 0.0751. The maximum atomic E-state index is 12.5. The van der Waals surface area contributed by atoms with Gasteiger partial charge in [0.1, 0.15) is 11.6 Å². The third-order valence-corrected chi connectivity index (χ3v) is 5.37. The number of hydrogen-bond acceptors (Lipinski definition) is 6. The summed E-state index contributed by atoms with van der Waals surface area (Å²) in [5.41, 5.74) is 0.931. The number of carbonyl (C=O) groups excluding carboxylic acids is 1. The van der Waals surface area contributed by atoms with Crippen LogP contribution in [0.1, 0.15) is 15.2 Å².